The van der Waals surface area contributed by atoms with Crippen LogP contribution in [0.1, 0.15) is 42.9 Å². The van der Waals surface area contributed by atoms with Crippen LogP contribution in [0.15, 0.2) is 24.3 Å². The number of nitrogens with zero attached hydrogens (tertiary/aromatic N) is 1. The molecule has 3 rings (SSSR count). The van der Waals surface area contributed by atoms with Crippen LogP contribution in [0.5, 0.6) is 0 Å². The molecular formula is C19H25NO5. The third-order valence-corrected chi connectivity index (χ3v) is 4.85. The average Bonchev–Trinajstić information content (AvgIpc) is 3.12. The standard InChI is InChI=1S/C19H25NO5/c21-18(12-17-16-6-2-1-4-14(16)8-11-25-17)20(9-7-19(22)23)13-15-5-3-10-24-15/h1-2,4,6,15,17H,3,5,7-13H2,(H,22,23)/t15-,17-/m0/s1. The van der Waals surface area contributed by atoms with Crippen molar-refractivity contribution in [3.8, 4) is 0 Å². The van der Waals surface area contributed by atoms with Gasteiger partial charge in [0.25, 0.3) is 0 Å². The van der Waals surface area contributed by atoms with Gasteiger partial charge in [-0.15, -0.1) is 0 Å². The Balaban J connectivity index is 1.65. The number of hydrogen-bond acceptors (Lipinski definition) is 4. The Kier molecular flexibility index (Phi) is 6.04. The Morgan fingerprint density at radius 1 is 1.20 bits per heavy atom. The number of rotatable bonds is 7. The molecular weight excluding hydrogens is 322 g/mol. The summed E-state index contributed by atoms with van der Waals surface area (Å²) in [6.45, 7) is 1.99. The summed E-state index contributed by atoms with van der Waals surface area (Å²) in [5.41, 5.74) is 2.29. The van der Waals surface area contributed by atoms with E-state index in [-0.39, 0.29) is 37.5 Å². The molecule has 2 heterocycles. The topological polar surface area (TPSA) is 76.1 Å². The smallest absolute Gasteiger partial charge is 0.305 e. The normalized spacial score (nSPS) is 22.4. The lowest BCUT2D eigenvalue weighted by molar-refractivity contribution is -0.140. The highest BCUT2D eigenvalue weighted by Gasteiger charge is 2.28. The Morgan fingerprint density at radius 3 is 2.80 bits per heavy atom. The molecule has 2 aliphatic rings. The highest BCUT2D eigenvalue weighted by Crippen LogP contribution is 2.30. The van der Waals surface area contributed by atoms with Crippen LogP contribution in [0.4, 0.5) is 0 Å². The number of carbonyl (C=O) groups is 2. The Morgan fingerprint density at radius 2 is 2.04 bits per heavy atom. The summed E-state index contributed by atoms with van der Waals surface area (Å²) in [6.07, 6.45) is 2.71. The van der Waals surface area contributed by atoms with Crippen molar-refractivity contribution >= 4 is 11.9 Å². The number of fused-ring (bicyclic) bond motifs is 1. The first kappa shape index (κ1) is 17.9. The molecule has 25 heavy (non-hydrogen) atoms. The molecule has 1 amide bonds. The maximum Gasteiger partial charge on any atom is 0.305 e. The SMILES string of the molecule is O=C(O)CCN(C[C@@H]1CCCO1)C(=O)C[C@@H]1OCCc2ccccc21. The van der Waals surface area contributed by atoms with Gasteiger partial charge in [0.1, 0.15) is 0 Å². The summed E-state index contributed by atoms with van der Waals surface area (Å²) >= 11 is 0. The van der Waals surface area contributed by atoms with Crippen LogP contribution in [0.2, 0.25) is 0 Å². The van der Waals surface area contributed by atoms with Crippen LogP contribution < -0.4 is 0 Å². The predicted molar refractivity (Wildman–Crippen MR) is 91.3 cm³/mol. The Hall–Kier alpha value is -1.92. The molecule has 1 aromatic rings. The number of carboxylic acids is 1. The Labute approximate surface area is 147 Å². The molecule has 0 unspecified atom stereocenters. The Bertz CT molecular complexity index is 612. The summed E-state index contributed by atoms with van der Waals surface area (Å²) in [7, 11) is 0. The van der Waals surface area contributed by atoms with Gasteiger partial charge < -0.3 is 19.5 Å². The molecule has 6 heteroatoms. The molecule has 1 N–H and O–H groups in total. The van der Waals surface area contributed by atoms with Crippen molar-refractivity contribution in [1.29, 1.82) is 0 Å². The van der Waals surface area contributed by atoms with Gasteiger partial charge in [0.15, 0.2) is 0 Å². The zero-order valence-electron chi connectivity index (χ0n) is 14.4. The first-order chi connectivity index (χ1) is 12.1. The second-order valence-electron chi connectivity index (χ2n) is 6.63. The first-order valence-electron chi connectivity index (χ1n) is 8.94. The fourth-order valence-corrected chi connectivity index (χ4v) is 3.52. The van der Waals surface area contributed by atoms with Gasteiger partial charge in [0, 0.05) is 19.7 Å². The zero-order chi connectivity index (χ0) is 17.6. The monoisotopic (exact) mass is 347 g/mol. The van der Waals surface area contributed by atoms with Crippen LogP contribution in [0.25, 0.3) is 0 Å². The summed E-state index contributed by atoms with van der Waals surface area (Å²) in [5, 5.41) is 8.96. The summed E-state index contributed by atoms with van der Waals surface area (Å²) in [6, 6.07) is 8.04. The van der Waals surface area contributed by atoms with Crippen LogP contribution in [-0.2, 0) is 25.5 Å². The van der Waals surface area contributed by atoms with Crippen LogP contribution >= 0.6 is 0 Å². The summed E-state index contributed by atoms with van der Waals surface area (Å²) in [5.74, 6) is -0.970. The van der Waals surface area contributed by atoms with Crippen molar-refractivity contribution < 1.29 is 24.2 Å². The minimum atomic E-state index is -0.899. The fraction of sp³-hybridized carbons (Fsp3) is 0.579. The van der Waals surface area contributed by atoms with E-state index >= 15 is 0 Å². The van der Waals surface area contributed by atoms with Crippen LogP contribution in [-0.4, -0.2) is 54.3 Å². The van der Waals surface area contributed by atoms with Crippen molar-refractivity contribution in [3.63, 3.8) is 0 Å². The average molecular weight is 347 g/mol. The molecule has 2 atom stereocenters. The van der Waals surface area contributed by atoms with Gasteiger partial charge in [-0.3, -0.25) is 9.59 Å². The molecule has 1 saturated heterocycles. The lowest BCUT2D eigenvalue weighted by Crippen LogP contribution is -2.39. The molecule has 0 aliphatic carbocycles. The van der Waals surface area contributed by atoms with Gasteiger partial charge in [-0.05, 0) is 30.4 Å². The van der Waals surface area contributed by atoms with Gasteiger partial charge >= 0.3 is 5.97 Å². The van der Waals surface area contributed by atoms with Gasteiger partial charge in [-0.25, -0.2) is 0 Å². The number of benzene rings is 1. The van der Waals surface area contributed by atoms with E-state index in [0.29, 0.717) is 19.8 Å². The number of hydrogen-bond donors (Lipinski definition) is 1. The van der Waals surface area contributed by atoms with E-state index < -0.39 is 5.97 Å². The van der Waals surface area contributed by atoms with Gasteiger partial charge in [-0.1, -0.05) is 24.3 Å². The van der Waals surface area contributed by atoms with E-state index in [4.69, 9.17) is 14.6 Å². The highest BCUT2D eigenvalue weighted by atomic mass is 16.5. The maximum atomic E-state index is 12.8. The summed E-state index contributed by atoms with van der Waals surface area (Å²) in [4.78, 5) is 25.4. The molecule has 0 spiro atoms. The number of carboxylic acid groups (broad SMARTS) is 1. The zero-order valence-corrected chi connectivity index (χ0v) is 14.4. The van der Waals surface area contributed by atoms with Gasteiger partial charge in [0.2, 0.25) is 5.91 Å². The molecule has 1 aromatic carbocycles. The molecule has 6 nitrogen and oxygen atoms in total. The minimum Gasteiger partial charge on any atom is -0.481 e. The summed E-state index contributed by atoms with van der Waals surface area (Å²) < 4.78 is 11.4. The van der Waals surface area contributed by atoms with Crippen LogP contribution in [0, 0.1) is 0 Å². The third-order valence-electron chi connectivity index (χ3n) is 4.85. The van der Waals surface area contributed by atoms with Crippen molar-refractivity contribution in [2.45, 2.75) is 44.3 Å². The van der Waals surface area contributed by atoms with E-state index in [9.17, 15) is 9.59 Å². The quantitative estimate of drug-likeness (QED) is 0.818. The van der Waals surface area contributed by atoms with Crippen molar-refractivity contribution in [2.24, 2.45) is 0 Å². The van der Waals surface area contributed by atoms with E-state index in [1.807, 2.05) is 18.2 Å². The first-order valence-corrected chi connectivity index (χ1v) is 8.94. The predicted octanol–water partition coefficient (Wildman–Crippen LogP) is 2.17. The number of amides is 1. The van der Waals surface area contributed by atoms with Gasteiger partial charge in [0.05, 0.1) is 31.7 Å². The van der Waals surface area contributed by atoms with Crippen molar-refractivity contribution in [3.05, 3.63) is 35.4 Å². The maximum absolute atomic E-state index is 12.8. The van der Waals surface area contributed by atoms with E-state index in [1.54, 1.807) is 4.90 Å². The molecule has 1 fully saturated rings. The lowest BCUT2D eigenvalue weighted by Gasteiger charge is -2.30. The number of carbonyl (C=O) groups excluding carboxylic acids is 1. The second-order valence-corrected chi connectivity index (χ2v) is 6.63. The molecule has 0 aromatic heterocycles. The van der Waals surface area contributed by atoms with E-state index in [2.05, 4.69) is 6.07 Å². The van der Waals surface area contributed by atoms with Gasteiger partial charge in [-0.2, -0.15) is 0 Å². The second kappa shape index (κ2) is 8.45. The molecule has 0 radical (unpaired) electrons. The van der Waals surface area contributed by atoms with E-state index in [1.165, 1.54) is 5.56 Å². The minimum absolute atomic E-state index is 0.0114. The van der Waals surface area contributed by atoms with Crippen molar-refractivity contribution in [1.82, 2.24) is 4.90 Å². The number of aliphatic carboxylic acids is 1. The van der Waals surface area contributed by atoms with Crippen molar-refractivity contribution in [2.75, 3.05) is 26.3 Å². The highest BCUT2D eigenvalue weighted by molar-refractivity contribution is 5.78. The molecule has 0 bridgehead atoms. The third kappa shape index (κ3) is 4.80. The number of ether oxygens (including phenoxy) is 2. The van der Waals surface area contributed by atoms with E-state index in [0.717, 1.165) is 24.8 Å². The molecule has 0 saturated carbocycles. The fourth-order valence-electron chi connectivity index (χ4n) is 3.52. The van der Waals surface area contributed by atoms with Crippen LogP contribution in [0.3, 0.4) is 0 Å². The molecule has 2 aliphatic heterocycles. The lowest BCUT2D eigenvalue weighted by atomic mass is 9.95. The molecule has 136 valence electrons. The largest absolute Gasteiger partial charge is 0.481 e.